The van der Waals surface area contributed by atoms with E-state index in [1.54, 1.807) is 13.8 Å². The summed E-state index contributed by atoms with van der Waals surface area (Å²) in [6.45, 7) is 2.66. The van der Waals surface area contributed by atoms with E-state index in [4.69, 9.17) is 9.84 Å². The number of carboxylic acid groups (broad SMARTS) is 1. The minimum atomic E-state index is -4.51. The number of nitrogens with one attached hydrogen (secondary N) is 1. The Morgan fingerprint density at radius 3 is 2.45 bits per heavy atom. The molecule has 0 aliphatic rings. The van der Waals surface area contributed by atoms with Gasteiger partial charge in [0.15, 0.2) is 6.61 Å². The first-order valence-electron chi connectivity index (χ1n) is 6.43. The highest BCUT2D eigenvalue weighted by molar-refractivity contribution is 5.84. The molecule has 0 heterocycles. The number of carboxylic acids is 1. The number of aliphatic carboxylic acids is 1. The van der Waals surface area contributed by atoms with E-state index in [1.807, 2.05) is 0 Å². The van der Waals surface area contributed by atoms with Crippen LogP contribution in [0.3, 0.4) is 0 Å². The third-order valence-electron chi connectivity index (χ3n) is 2.78. The molecule has 0 saturated carbocycles. The molecule has 22 heavy (non-hydrogen) atoms. The fourth-order valence-corrected chi connectivity index (χ4v) is 1.64. The molecule has 0 saturated heterocycles. The van der Waals surface area contributed by atoms with E-state index in [0.717, 1.165) is 18.2 Å². The molecular weight excluding hydrogens is 303 g/mol. The van der Waals surface area contributed by atoms with Gasteiger partial charge >= 0.3 is 12.1 Å². The number of benzene rings is 1. The molecule has 5 nitrogen and oxygen atoms in total. The van der Waals surface area contributed by atoms with Gasteiger partial charge in [0.25, 0.3) is 5.91 Å². The zero-order valence-electron chi connectivity index (χ0n) is 12.0. The first-order valence-corrected chi connectivity index (χ1v) is 6.43. The quantitative estimate of drug-likeness (QED) is 0.844. The first kappa shape index (κ1) is 17.8. The predicted molar refractivity (Wildman–Crippen MR) is 71.3 cm³/mol. The number of rotatable bonds is 6. The topological polar surface area (TPSA) is 75.6 Å². The number of alkyl halides is 3. The number of amides is 1. The highest BCUT2D eigenvalue weighted by Gasteiger charge is 2.30. The summed E-state index contributed by atoms with van der Waals surface area (Å²) in [5.74, 6) is -2.38. The smallest absolute Gasteiger partial charge is 0.416 e. The maximum absolute atomic E-state index is 12.5. The maximum Gasteiger partial charge on any atom is 0.416 e. The van der Waals surface area contributed by atoms with E-state index in [0.29, 0.717) is 0 Å². The van der Waals surface area contributed by atoms with Gasteiger partial charge in [0, 0.05) is 0 Å². The van der Waals surface area contributed by atoms with E-state index in [1.165, 1.54) is 6.07 Å². The molecule has 0 spiro atoms. The van der Waals surface area contributed by atoms with Crippen molar-refractivity contribution >= 4 is 11.9 Å². The second-order valence-corrected chi connectivity index (χ2v) is 4.94. The molecule has 0 aromatic heterocycles. The number of ether oxygens (including phenoxy) is 1. The van der Waals surface area contributed by atoms with Gasteiger partial charge in [0.2, 0.25) is 0 Å². The van der Waals surface area contributed by atoms with Gasteiger partial charge < -0.3 is 15.2 Å². The van der Waals surface area contributed by atoms with Crippen LogP contribution in [0.1, 0.15) is 19.4 Å². The van der Waals surface area contributed by atoms with Crippen LogP contribution in [0, 0.1) is 5.92 Å². The third-order valence-corrected chi connectivity index (χ3v) is 2.78. The number of carbonyl (C=O) groups excluding carboxylic acids is 1. The fourth-order valence-electron chi connectivity index (χ4n) is 1.64. The zero-order chi connectivity index (χ0) is 16.9. The van der Waals surface area contributed by atoms with Crippen LogP contribution >= 0.6 is 0 Å². The van der Waals surface area contributed by atoms with Gasteiger partial charge in [-0.3, -0.25) is 4.79 Å². The molecule has 0 fully saturated rings. The van der Waals surface area contributed by atoms with Crippen LogP contribution in [0.4, 0.5) is 13.2 Å². The molecule has 1 atom stereocenters. The Bertz CT molecular complexity index is 543. The highest BCUT2D eigenvalue weighted by atomic mass is 19.4. The van der Waals surface area contributed by atoms with Crippen LogP contribution in [-0.2, 0) is 15.8 Å². The second-order valence-electron chi connectivity index (χ2n) is 4.94. The van der Waals surface area contributed by atoms with Crippen molar-refractivity contribution in [2.75, 3.05) is 6.61 Å². The molecule has 1 aromatic carbocycles. The summed E-state index contributed by atoms with van der Waals surface area (Å²) in [6.07, 6.45) is -4.51. The molecule has 0 radical (unpaired) electrons. The van der Waals surface area contributed by atoms with Crippen molar-refractivity contribution in [3.05, 3.63) is 29.8 Å². The predicted octanol–water partition coefficient (Wildman–Crippen LogP) is 2.31. The van der Waals surface area contributed by atoms with Crippen LogP contribution in [-0.4, -0.2) is 29.6 Å². The molecule has 0 unspecified atom stereocenters. The fraction of sp³-hybridized carbons (Fsp3) is 0.429. The molecule has 0 aliphatic carbocycles. The van der Waals surface area contributed by atoms with Crippen molar-refractivity contribution in [1.29, 1.82) is 0 Å². The van der Waals surface area contributed by atoms with Gasteiger partial charge in [-0.25, -0.2) is 4.79 Å². The summed E-state index contributed by atoms with van der Waals surface area (Å²) in [5, 5.41) is 11.2. The van der Waals surface area contributed by atoms with Gasteiger partial charge in [-0.1, -0.05) is 19.9 Å². The lowest BCUT2D eigenvalue weighted by Gasteiger charge is -2.18. The molecule has 1 rings (SSSR count). The number of hydrogen-bond acceptors (Lipinski definition) is 3. The molecule has 8 heteroatoms. The number of hydrogen-bond donors (Lipinski definition) is 2. The van der Waals surface area contributed by atoms with E-state index < -0.39 is 36.3 Å². The van der Waals surface area contributed by atoms with Gasteiger partial charge in [-0.2, -0.15) is 13.2 Å². The average Bonchev–Trinajstić information content (AvgIpc) is 2.41. The summed E-state index contributed by atoms with van der Waals surface area (Å²) in [5.41, 5.74) is -0.893. The highest BCUT2D eigenvalue weighted by Crippen LogP contribution is 2.31. The Hall–Kier alpha value is -2.25. The summed E-state index contributed by atoms with van der Waals surface area (Å²) in [7, 11) is 0. The molecular formula is C14H16F3NO4. The molecule has 2 N–H and O–H groups in total. The minimum Gasteiger partial charge on any atom is -0.484 e. The molecule has 1 aromatic rings. The van der Waals surface area contributed by atoms with Gasteiger partial charge in [-0.15, -0.1) is 0 Å². The molecule has 0 aliphatic heterocycles. The lowest BCUT2D eigenvalue weighted by atomic mass is 10.1. The van der Waals surface area contributed by atoms with Crippen molar-refractivity contribution in [3.63, 3.8) is 0 Å². The minimum absolute atomic E-state index is 0.124. The van der Waals surface area contributed by atoms with Crippen molar-refractivity contribution in [3.8, 4) is 5.75 Å². The Kier molecular flexibility index (Phi) is 5.78. The average molecular weight is 319 g/mol. The normalized spacial score (nSPS) is 12.8. The van der Waals surface area contributed by atoms with Crippen molar-refractivity contribution in [2.45, 2.75) is 26.1 Å². The Morgan fingerprint density at radius 1 is 1.32 bits per heavy atom. The standard InChI is InChI=1S/C14H16F3NO4/c1-8(2)12(13(20)21)18-11(19)7-22-10-5-3-4-9(6-10)14(15,16)17/h3-6,8,12H,7H2,1-2H3,(H,18,19)(H,20,21)/t12-/m1/s1. The van der Waals surface area contributed by atoms with Crippen LogP contribution in [0.2, 0.25) is 0 Å². The van der Waals surface area contributed by atoms with Crippen LogP contribution < -0.4 is 10.1 Å². The third kappa shape index (κ3) is 5.27. The monoisotopic (exact) mass is 319 g/mol. The SMILES string of the molecule is CC(C)[C@@H](NC(=O)COc1cccc(C(F)(F)F)c1)C(=O)O. The maximum atomic E-state index is 12.5. The Labute approximate surface area is 125 Å². The van der Waals surface area contributed by atoms with Gasteiger partial charge in [-0.05, 0) is 24.1 Å². The van der Waals surface area contributed by atoms with Crippen LogP contribution in [0.15, 0.2) is 24.3 Å². The summed E-state index contributed by atoms with van der Waals surface area (Å²) in [4.78, 5) is 22.5. The molecule has 1 amide bonds. The van der Waals surface area contributed by atoms with E-state index in [9.17, 15) is 22.8 Å². The van der Waals surface area contributed by atoms with E-state index in [2.05, 4.69) is 5.32 Å². The van der Waals surface area contributed by atoms with Gasteiger partial charge in [0.05, 0.1) is 5.56 Å². The lowest BCUT2D eigenvalue weighted by Crippen LogP contribution is -2.46. The Balaban J connectivity index is 2.63. The van der Waals surface area contributed by atoms with Crippen molar-refractivity contribution < 1.29 is 32.6 Å². The van der Waals surface area contributed by atoms with Crippen molar-refractivity contribution in [2.24, 2.45) is 5.92 Å². The van der Waals surface area contributed by atoms with Crippen molar-refractivity contribution in [1.82, 2.24) is 5.32 Å². The van der Waals surface area contributed by atoms with E-state index in [-0.39, 0.29) is 11.7 Å². The summed E-state index contributed by atoms with van der Waals surface area (Å²) >= 11 is 0. The zero-order valence-corrected chi connectivity index (χ0v) is 12.0. The Morgan fingerprint density at radius 2 is 1.95 bits per heavy atom. The number of carbonyl (C=O) groups is 2. The molecule has 0 bridgehead atoms. The summed E-state index contributed by atoms with van der Waals surface area (Å²) < 4.78 is 42.5. The second kappa shape index (κ2) is 7.15. The van der Waals surface area contributed by atoms with Gasteiger partial charge in [0.1, 0.15) is 11.8 Å². The largest absolute Gasteiger partial charge is 0.484 e. The van der Waals surface area contributed by atoms with Crippen LogP contribution in [0.5, 0.6) is 5.75 Å². The first-order chi connectivity index (χ1) is 10.1. The summed E-state index contributed by atoms with van der Waals surface area (Å²) in [6, 6.07) is 3.00. The number of halogens is 3. The molecule has 122 valence electrons. The lowest BCUT2D eigenvalue weighted by molar-refractivity contribution is -0.143. The van der Waals surface area contributed by atoms with E-state index >= 15 is 0 Å². The van der Waals surface area contributed by atoms with Crippen LogP contribution in [0.25, 0.3) is 0 Å².